The van der Waals surface area contributed by atoms with Gasteiger partial charge in [-0.2, -0.15) is 5.10 Å². The van der Waals surface area contributed by atoms with Gasteiger partial charge in [0.05, 0.1) is 18.4 Å². The summed E-state index contributed by atoms with van der Waals surface area (Å²) in [6.07, 6.45) is 3.72. The molecule has 0 atom stereocenters. The van der Waals surface area contributed by atoms with Crippen molar-refractivity contribution in [2.24, 2.45) is 0 Å². The molecule has 6 heteroatoms. The molecule has 3 rings (SSSR count). The summed E-state index contributed by atoms with van der Waals surface area (Å²) in [5.74, 6) is 0.0584. The van der Waals surface area contributed by atoms with Crippen LogP contribution in [0.1, 0.15) is 27.4 Å². The molecule has 0 aliphatic rings. The van der Waals surface area contributed by atoms with E-state index in [9.17, 15) is 4.79 Å². The maximum Gasteiger partial charge on any atom is 0.292 e. The molecule has 6 nitrogen and oxygen atoms in total. The molecule has 1 amide bonds. The lowest BCUT2D eigenvalue weighted by Crippen LogP contribution is -2.25. The number of nitrogens with zero attached hydrogens (tertiary/aromatic N) is 4. The quantitative estimate of drug-likeness (QED) is 0.726. The number of hydrogen-bond donors (Lipinski definition) is 0. The SMILES string of the molecule is Cc1cc(C(=O)N(C)Cc2cnn(Cc3ccccc3)c2)on1. The summed E-state index contributed by atoms with van der Waals surface area (Å²) in [7, 11) is 1.73. The first-order chi connectivity index (χ1) is 11.1. The van der Waals surface area contributed by atoms with E-state index in [0.717, 1.165) is 5.56 Å². The molecule has 0 aliphatic carbocycles. The summed E-state index contributed by atoms with van der Waals surface area (Å²) in [6, 6.07) is 11.8. The average molecular weight is 310 g/mol. The highest BCUT2D eigenvalue weighted by atomic mass is 16.5. The van der Waals surface area contributed by atoms with E-state index in [0.29, 0.717) is 18.8 Å². The molecule has 0 unspecified atom stereocenters. The Morgan fingerprint density at radius 1 is 1.26 bits per heavy atom. The molecule has 0 bridgehead atoms. The fraction of sp³-hybridized carbons (Fsp3) is 0.235. The highest BCUT2D eigenvalue weighted by Gasteiger charge is 2.17. The van der Waals surface area contributed by atoms with Crippen molar-refractivity contribution < 1.29 is 9.32 Å². The van der Waals surface area contributed by atoms with E-state index in [4.69, 9.17) is 4.52 Å². The van der Waals surface area contributed by atoms with Gasteiger partial charge in [-0.25, -0.2) is 0 Å². The summed E-state index contributed by atoms with van der Waals surface area (Å²) >= 11 is 0. The van der Waals surface area contributed by atoms with E-state index in [1.807, 2.05) is 29.1 Å². The molecule has 118 valence electrons. The van der Waals surface area contributed by atoms with E-state index in [-0.39, 0.29) is 11.7 Å². The van der Waals surface area contributed by atoms with Crippen molar-refractivity contribution in [2.45, 2.75) is 20.0 Å². The number of benzene rings is 1. The van der Waals surface area contributed by atoms with E-state index in [1.165, 1.54) is 5.56 Å². The van der Waals surface area contributed by atoms with Gasteiger partial charge in [0.15, 0.2) is 0 Å². The molecule has 23 heavy (non-hydrogen) atoms. The lowest BCUT2D eigenvalue weighted by molar-refractivity contribution is 0.0743. The zero-order valence-electron chi connectivity index (χ0n) is 13.1. The van der Waals surface area contributed by atoms with Gasteiger partial charge in [0.25, 0.3) is 5.91 Å². The highest BCUT2D eigenvalue weighted by Crippen LogP contribution is 2.10. The zero-order chi connectivity index (χ0) is 16.2. The van der Waals surface area contributed by atoms with Crippen LogP contribution in [0.4, 0.5) is 0 Å². The van der Waals surface area contributed by atoms with Gasteiger partial charge in [0, 0.05) is 31.4 Å². The molecule has 0 N–H and O–H groups in total. The first-order valence-corrected chi connectivity index (χ1v) is 7.36. The molecule has 1 aromatic carbocycles. The Morgan fingerprint density at radius 3 is 2.74 bits per heavy atom. The van der Waals surface area contributed by atoms with Gasteiger partial charge < -0.3 is 9.42 Å². The Kier molecular flexibility index (Phi) is 4.23. The van der Waals surface area contributed by atoms with Gasteiger partial charge >= 0.3 is 0 Å². The van der Waals surface area contributed by atoms with Gasteiger partial charge in [-0.05, 0) is 12.5 Å². The normalized spacial score (nSPS) is 10.7. The molecular formula is C17H18N4O2. The first kappa shape index (κ1) is 15.0. The number of hydrogen-bond acceptors (Lipinski definition) is 4. The molecule has 0 radical (unpaired) electrons. The summed E-state index contributed by atoms with van der Waals surface area (Å²) in [5.41, 5.74) is 2.84. The average Bonchev–Trinajstić information content (AvgIpc) is 3.17. The lowest BCUT2D eigenvalue weighted by atomic mass is 10.2. The van der Waals surface area contributed by atoms with Crippen molar-refractivity contribution in [1.29, 1.82) is 0 Å². The van der Waals surface area contributed by atoms with Gasteiger partial charge in [0.1, 0.15) is 0 Å². The topological polar surface area (TPSA) is 64.2 Å². The van der Waals surface area contributed by atoms with E-state index < -0.39 is 0 Å². The lowest BCUT2D eigenvalue weighted by Gasteiger charge is -2.13. The van der Waals surface area contributed by atoms with Crippen molar-refractivity contribution in [3.8, 4) is 0 Å². The second-order valence-electron chi connectivity index (χ2n) is 5.53. The number of rotatable bonds is 5. The van der Waals surface area contributed by atoms with Crippen LogP contribution in [-0.4, -0.2) is 32.8 Å². The van der Waals surface area contributed by atoms with E-state index >= 15 is 0 Å². The minimum atomic E-state index is -0.193. The number of carbonyl (C=O) groups excluding carboxylic acids is 1. The van der Waals surface area contributed by atoms with Crippen molar-refractivity contribution in [1.82, 2.24) is 19.8 Å². The number of amides is 1. The maximum absolute atomic E-state index is 12.2. The van der Waals surface area contributed by atoms with Crippen molar-refractivity contribution in [3.63, 3.8) is 0 Å². The third kappa shape index (κ3) is 3.66. The Bertz CT molecular complexity index is 792. The van der Waals surface area contributed by atoms with Crippen LogP contribution in [0.2, 0.25) is 0 Å². The van der Waals surface area contributed by atoms with Crippen molar-refractivity contribution in [3.05, 3.63) is 71.4 Å². The largest absolute Gasteiger partial charge is 0.351 e. The minimum absolute atomic E-state index is 0.193. The van der Waals surface area contributed by atoms with Crippen LogP contribution in [0.25, 0.3) is 0 Å². The Hall–Kier alpha value is -2.89. The fourth-order valence-electron chi connectivity index (χ4n) is 2.34. The predicted octanol–water partition coefficient (Wildman–Crippen LogP) is 2.50. The number of aromatic nitrogens is 3. The fourth-order valence-corrected chi connectivity index (χ4v) is 2.34. The molecule has 0 fully saturated rings. The maximum atomic E-state index is 12.2. The van der Waals surface area contributed by atoms with Crippen LogP contribution in [0.3, 0.4) is 0 Å². The van der Waals surface area contributed by atoms with Gasteiger partial charge in [-0.15, -0.1) is 0 Å². The molecule has 0 saturated heterocycles. The van der Waals surface area contributed by atoms with Crippen LogP contribution in [-0.2, 0) is 13.1 Å². The molecule has 2 heterocycles. The highest BCUT2D eigenvalue weighted by molar-refractivity contribution is 5.91. The predicted molar refractivity (Wildman–Crippen MR) is 84.8 cm³/mol. The Balaban J connectivity index is 1.63. The van der Waals surface area contributed by atoms with Crippen LogP contribution < -0.4 is 0 Å². The summed E-state index contributed by atoms with van der Waals surface area (Å²) < 4.78 is 6.87. The van der Waals surface area contributed by atoms with Gasteiger partial charge in [-0.3, -0.25) is 9.48 Å². The van der Waals surface area contributed by atoms with Crippen molar-refractivity contribution >= 4 is 5.91 Å². The Labute approximate surface area is 134 Å². The summed E-state index contributed by atoms with van der Waals surface area (Å²) in [6.45, 7) is 2.96. The molecule has 3 aromatic rings. The third-order valence-electron chi connectivity index (χ3n) is 3.48. The van der Waals surface area contributed by atoms with E-state index in [2.05, 4.69) is 22.4 Å². The van der Waals surface area contributed by atoms with Crippen LogP contribution in [0.5, 0.6) is 0 Å². The zero-order valence-corrected chi connectivity index (χ0v) is 13.1. The molecule has 0 aliphatic heterocycles. The smallest absolute Gasteiger partial charge is 0.292 e. The van der Waals surface area contributed by atoms with Crippen LogP contribution in [0, 0.1) is 6.92 Å². The molecule has 0 saturated carbocycles. The summed E-state index contributed by atoms with van der Waals surface area (Å²) in [4.78, 5) is 13.8. The Morgan fingerprint density at radius 2 is 2.04 bits per heavy atom. The van der Waals surface area contributed by atoms with Crippen LogP contribution in [0.15, 0.2) is 53.3 Å². The van der Waals surface area contributed by atoms with Gasteiger partial charge in [-0.1, -0.05) is 35.5 Å². The first-order valence-electron chi connectivity index (χ1n) is 7.36. The van der Waals surface area contributed by atoms with Crippen LogP contribution >= 0.6 is 0 Å². The standard InChI is InChI=1S/C17H18N4O2/c1-13-8-16(23-19-13)17(22)20(2)10-15-9-18-21(12-15)11-14-6-4-3-5-7-14/h3-9,12H,10-11H2,1-2H3. The second kappa shape index (κ2) is 6.48. The number of aryl methyl sites for hydroxylation is 1. The minimum Gasteiger partial charge on any atom is -0.351 e. The number of carbonyl (C=O) groups is 1. The van der Waals surface area contributed by atoms with Gasteiger partial charge in [0.2, 0.25) is 5.76 Å². The summed E-state index contributed by atoms with van der Waals surface area (Å²) in [5, 5.41) is 8.08. The van der Waals surface area contributed by atoms with E-state index in [1.54, 1.807) is 31.1 Å². The monoisotopic (exact) mass is 310 g/mol. The molecule has 2 aromatic heterocycles. The molecular weight excluding hydrogens is 292 g/mol. The second-order valence-corrected chi connectivity index (χ2v) is 5.53. The molecule has 0 spiro atoms. The third-order valence-corrected chi connectivity index (χ3v) is 3.48. The van der Waals surface area contributed by atoms with Crippen molar-refractivity contribution in [2.75, 3.05) is 7.05 Å².